The van der Waals surface area contributed by atoms with Crippen LogP contribution >= 0.6 is 0 Å². The molecule has 1 unspecified atom stereocenters. The highest BCUT2D eigenvalue weighted by atomic mass is 16.5. The Kier molecular flexibility index (Phi) is 6.74. The molecule has 1 heterocycles. The van der Waals surface area contributed by atoms with Crippen molar-refractivity contribution < 1.29 is 19.7 Å². The molecule has 3 saturated carbocycles. The number of carbonyl (C=O) groups excluding carboxylic acids is 1. The number of aliphatic hydroxyl groups is 2. The smallest absolute Gasteiger partial charge is 0.333 e. The Morgan fingerprint density at radius 2 is 1.91 bits per heavy atom. The Bertz CT molecular complexity index is 836. The molecule has 0 aromatic carbocycles. The predicted octanol–water partition coefficient (Wildman–Crippen LogP) is 5.74. The van der Waals surface area contributed by atoms with Crippen LogP contribution in [0.3, 0.4) is 0 Å². The summed E-state index contributed by atoms with van der Waals surface area (Å²) in [5, 5.41) is 21.2. The van der Waals surface area contributed by atoms with E-state index >= 15 is 0 Å². The van der Waals surface area contributed by atoms with E-state index in [-0.39, 0.29) is 28.8 Å². The molecule has 0 bridgehead atoms. The third-order valence-electron chi connectivity index (χ3n) is 10.00. The SMILES string of the molecule is C=C1C[C@H](C[C@@H](C)[C@H]2CCC3/C(=C/C=C4/C[C@H](O)[C@H](C)[C@@H](O)C4(C)C)CCC[C@@]32C)OC1=O. The molecule has 0 amide bonds. The molecule has 1 aliphatic heterocycles. The lowest BCUT2D eigenvalue weighted by Crippen LogP contribution is -2.46. The van der Waals surface area contributed by atoms with E-state index in [1.54, 1.807) is 5.57 Å². The summed E-state index contributed by atoms with van der Waals surface area (Å²) in [6.07, 6.45) is 11.9. The van der Waals surface area contributed by atoms with Crippen LogP contribution in [0.5, 0.6) is 0 Å². The molecule has 4 aliphatic rings. The minimum Gasteiger partial charge on any atom is -0.459 e. The van der Waals surface area contributed by atoms with Gasteiger partial charge in [-0.25, -0.2) is 4.79 Å². The van der Waals surface area contributed by atoms with Crippen LogP contribution in [-0.2, 0) is 9.53 Å². The molecule has 4 nitrogen and oxygen atoms in total. The van der Waals surface area contributed by atoms with Gasteiger partial charge in [-0.3, -0.25) is 0 Å². The second-order valence-electron chi connectivity index (χ2n) is 12.4. The molecule has 2 N–H and O–H groups in total. The van der Waals surface area contributed by atoms with Gasteiger partial charge in [-0.1, -0.05) is 64.5 Å². The number of cyclic esters (lactones) is 1. The van der Waals surface area contributed by atoms with Gasteiger partial charge in [0.2, 0.25) is 0 Å². The number of allylic oxidation sites excluding steroid dienone is 3. The maximum atomic E-state index is 11.8. The second-order valence-corrected chi connectivity index (χ2v) is 12.4. The zero-order valence-corrected chi connectivity index (χ0v) is 21.3. The van der Waals surface area contributed by atoms with E-state index in [1.165, 1.54) is 25.7 Å². The highest BCUT2D eigenvalue weighted by molar-refractivity contribution is 5.89. The summed E-state index contributed by atoms with van der Waals surface area (Å²) in [4.78, 5) is 11.8. The lowest BCUT2D eigenvalue weighted by molar-refractivity contribution is -0.139. The van der Waals surface area contributed by atoms with Crippen LogP contribution in [0.25, 0.3) is 0 Å². The average molecular weight is 457 g/mol. The lowest BCUT2D eigenvalue weighted by atomic mass is 9.60. The van der Waals surface area contributed by atoms with Gasteiger partial charge in [0, 0.05) is 23.3 Å². The molecule has 0 spiro atoms. The first kappa shape index (κ1) is 24.7. The van der Waals surface area contributed by atoms with Gasteiger partial charge < -0.3 is 14.9 Å². The number of ether oxygens (including phenoxy) is 1. The number of hydrogen-bond donors (Lipinski definition) is 2. The molecular formula is C29H44O4. The van der Waals surface area contributed by atoms with Gasteiger partial charge in [0.25, 0.3) is 0 Å². The van der Waals surface area contributed by atoms with Crippen molar-refractivity contribution in [3.63, 3.8) is 0 Å². The molecule has 4 rings (SSSR count). The van der Waals surface area contributed by atoms with Crippen molar-refractivity contribution in [3.05, 3.63) is 35.5 Å². The quantitative estimate of drug-likeness (QED) is 0.418. The van der Waals surface area contributed by atoms with E-state index in [9.17, 15) is 15.0 Å². The number of hydrogen-bond acceptors (Lipinski definition) is 4. The number of aliphatic hydroxyl groups excluding tert-OH is 2. The third kappa shape index (κ3) is 4.38. The number of fused-ring (bicyclic) bond motifs is 1. The number of rotatable bonds is 4. The minimum atomic E-state index is -0.528. The van der Waals surface area contributed by atoms with Crippen LogP contribution in [0.1, 0.15) is 86.0 Å². The summed E-state index contributed by atoms with van der Waals surface area (Å²) in [5.41, 5.74) is 3.30. The third-order valence-corrected chi connectivity index (χ3v) is 10.00. The summed E-state index contributed by atoms with van der Waals surface area (Å²) in [6, 6.07) is 0. The maximum absolute atomic E-state index is 11.8. The molecule has 8 atom stereocenters. The van der Waals surface area contributed by atoms with E-state index in [2.05, 4.69) is 46.4 Å². The van der Waals surface area contributed by atoms with Crippen LogP contribution < -0.4 is 0 Å². The van der Waals surface area contributed by atoms with Crippen molar-refractivity contribution in [1.82, 2.24) is 0 Å². The van der Waals surface area contributed by atoms with Crippen molar-refractivity contribution in [3.8, 4) is 0 Å². The normalized spacial score (nSPS) is 44.2. The van der Waals surface area contributed by atoms with Crippen molar-refractivity contribution in [2.45, 2.75) is 104 Å². The van der Waals surface area contributed by atoms with Gasteiger partial charge in [-0.15, -0.1) is 0 Å². The molecule has 0 aromatic heterocycles. The van der Waals surface area contributed by atoms with E-state index in [1.807, 2.05) is 6.92 Å². The molecule has 1 saturated heterocycles. The van der Waals surface area contributed by atoms with Crippen molar-refractivity contribution >= 4 is 5.97 Å². The summed E-state index contributed by atoms with van der Waals surface area (Å²) in [7, 11) is 0. The van der Waals surface area contributed by atoms with Crippen LogP contribution in [0, 0.1) is 34.5 Å². The summed E-state index contributed by atoms with van der Waals surface area (Å²) in [6.45, 7) is 14.8. The van der Waals surface area contributed by atoms with Crippen LogP contribution in [0.2, 0.25) is 0 Å². The van der Waals surface area contributed by atoms with Crippen molar-refractivity contribution in [2.24, 2.45) is 34.5 Å². The van der Waals surface area contributed by atoms with Crippen molar-refractivity contribution in [2.75, 3.05) is 0 Å². The Morgan fingerprint density at radius 1 is 1.18 bits per heavy atom. The zero-order chi connectivity index (χ0) is 24.1. The first-order valence-corrected chi connectivity index (χ1v) is 13.1. The van der Waals surface area contributed by atoms with Gasteiger partial charge in [-0.05, 0) is 68.1 Å². The largest absolute Gasteiger partial charge is 0.459 e. The highest BCUT2D eigenvalue weighted by Crippen LogP contribution is 2.60. The Labute approximate surface area is 200 Å². The molecular weight excluding hydrogens is 412 g/mol. The second kappa shape index (κ2) is 9.00. The van der Waals surface area contributed by atoms with Crippen LogP contribution in [-0.4, -0.2) is 34.5 Å². The van der Waals surface area contributed by atoms with Gasteiger partial charge in [-0.2, -0.15) is 0 Å². The first-order chi connectivity index (χ1) is 15.4. The van der Waals surface area contributed by atoms with Crippen molar-refractivity contribution in [1.29, 1.82) is 0 Å². The van der Waals surface area contributed by atoms with Gasteiger partial charge in [0.15, 0.2) is 0 Å². The minimum absolute atomic E-state index is 0.000217. The predicted molar refractivity (Wildman–Crippen MR) is 131 cm³/mol. The van der Waals surface area contributed by atoms with Crippen LogP contribution in [0.15, 0.2) is 35.5 Å². The fraction of sp³-hybridized carbons (Fsp3) is 0.759. The van der Waals surface area contributed by atoms with Gasteiger partial charge in [0.05, 0.1) is 12.2 Å². The highest BCUT2D eigenvalue weighted by Gasteiger charge is 2.51. The Hall–Kier alpha value is -1.39. The number of esters is 1. The van der Waals surface area contributed by atoms with E-state index in [4.69, 9.17) is 4.74 Å². The molecule has 4 fully saturated rings. The van der Waals surface area contributed by atoms with Gasteiger partial charge in [0.1, 0.15) is 6.10 Å². The molecule has 33 heavy (non-hydrogen) atoms. The maximum Gasteiger partial charge on any atom is 0.333 e. The van der Waals surface area contributed by atoms with E-state index in [0.29, 0.717) is 36.2 Å². The standard InChI is InChI=1S/C29H44O4/c1-17(14-22-15-18(2)27(32)33-22)23-11-12-24-20(8-7-13-29(23,24)6)9-10-21-16-25(30)19(3)26(31)28(21,4)5/h9-10,17,19,22-26,30-31H,2,7-8,11-16H2,1,3-6H3/b20-9+,21-10-/t17-,19+,22+,23-,24?,25+,26-,29-/m1/s1. The lowest BCUT2D eigenvalue weighted by Gasteiger charge is -2.45. The fourth-order valence-corrected chi connectivity index (χ4v) is 7.78. The summed E-state index contributed by atoms with van der Waals surface area (Å²) in [5.74, 6) is 1.44. The summed E-state index contributed by atoms with van der Waals surface area (Å²) >= 11 is 0. The Morgan fingerprint density at radius 3 is 2.58 bits per heavy atom. The van der Waals surface area contributed by atoms with Crippen LogP contribution in [0.4, 0.5) is 0 Å². The topological polar surface area (TPSA) is 66.8 Å². The summed E-state index contributed by atoms with van der Waals surface area (Å²) < 4.78 is 5.55. The molecule has 4 heteroatoms. The Balaban J connectivity index is 1.50. The van der Waals surface area contributed by atoms with Gasteiger partial charge >= 0.3 is 5.97 Å². The molecule has 184 valence electrons. The van der Waals surface area contributed by atoms with E-state index < -0.39 is 12.2 Å². The van der Waals surface area contributed by atoms with E-state index in [0.717, 1.165) is 18.4 Å². The average Bonchev–Trinajstić information content (AvgIpc) is 3.26. The zero-order valence-electron chi connectivity index (χ0n) is 21.3. The monoisotopic (exact) mass is 456 g/mol. The molecule has 3 aliphatic carbocycles. The first-order valence-electron chi connectivity index (χ1n) is 13.1. The number of carbonyl (C=O) groups is 1. The molecule has 0 radical (unpaired) electrons. The molecule has 0 aromatic rings. The fourth-order valence-electron chi connectivity index (χ4n) is 7.78.